The predicted molar refractivity (Wildman–Crippen MR) is 96.6 cm³/mol. The van der Waals surface area contributed by atoms with Crippen LogP contribution in [0, 0.1) is 0 Å². The summed E-state index contributed by atoms with van der Waals surface area (Å²) in [5.74, 6) is 0. The van der Waals surface area contributed by atoms with E-state index in [9.17, 15) is 8.42 Å². The van der Waals surface area contributed by atoms with Crippen molar-refractivity contribution in [2.75, 3.05) is 0 Å². The normalized spacial score (nSPS) is 11.6. The third-order valence-electron chi connectivity index (χ3n) is 3.25. The van der Waals surface area contributed by atoms with Crippen molar-refractivity contribution in [3.63, 3.8) is 0 Å². The van der Waals surface area contributed by atoms with Crippen LogP contribution in [0.15, 0.2) is 75.8 Å². The first kappa shape index (κ1) is 18.4. The van der Waals surface area contributed by atoms with Gasteiger partial charge in [0.25, 0.3) is 10.1 Å². The second-order valence-corrected chi connectivity index (χ2v) is 6.61. The van der Waals surface area contributed by atoms with E-state index in [1.54, 1.807) is 6.07 Å². The van der Waals surface area contributed by atoms with E-state index in [0.717, 1.165) is 10.8 Å². The summed E-state index contributed by atoms with van der Waals surface area (Å²) in [6.07, 6.45) is 0. The summed E-state index contributed by atoms with van der Waals surface area (Å²) in [5.41, 5.74) is 0.991. The Labute approximate surface area is 150 Å². The summed E-state index contributed by atoms with van der Waals surface area (Å²) in [4.78, 5) is -0.195. The second kappa shape index (κ2) is 7.27. The molecule has 124 valence electrons. The molecule has 8 heteroatoms. The van der Waals surface area contributed by atoms with Crippen molar-refractivity contribution < 1.29 is 13.0 Å². The summed E-state index contributed by atoms with van der Waals surface area (Å²) >= 11 is 6.19. The number of azo groups is 1. The standard InChI is InChI=1S/C16H11ClN2O3S.ClH/c17-15-10-5-11-3-1-2-4-14(11)16(15)19-18-12-6-8-13(9-7-12)23(20,21)22;/h1-10H,(H,20,21,22);1H. The molecule has 0 heterocycles. The molecular formula is C16H12Cl2N2O3S. The lowest BCUT2D eigenvalue weighted by Gasteiger charge is -2.03. The molecule has 5 nitrogen and oxygen atoms in total. The summed E-state index contributed by atoms with van der Waals surface area (Å²) < 4.78 is 30.9. The molecule has 3 aromatic rings. The summed E-state index contributed by atoms with van der Waals surface area (Å²) in [6, 6.07) is 16.7. The molecule has 1 N–H and O–H groups in total. The van der Waals surface area contributed by atoms with Gasteiger partial charge in [0, 0.05) is 5.39 Å². The van der Waals surface area contributed by atoms with Gasteiger partial charge in [0.15, 0.2) is 0 Å². The molecule has 0 spiro atoms. The highest BCUT2D eigenvalue weighted by Crippen LogP contribution is 2.34. The predicted octanol–water partition coefficient (Wildman–Crippen LogP) is 5.58. The molecule has 3 rings (SSSR count). The van der Waals surface area contributed by atoms with E-state index in [0.29, 0.717) is 16.4 Å². The molecule has 0 saturated heterocycles. The highest BCUT2D eigenvalue weighted by atomic mass is 35.5. The first-order valence-corrected chi connectivity index (χ1v) is 8.43. The lowest BCUT2D eigenvalue weighted by Crippen LogP contribution is -1.96. The van der Waals surface area contributed by atoms with Crippen LogP contribution in [0.4, 0.5) is 11.4 Å². The number of rotatable bonds is 3. The topological polar surface area (TPSA) is 79.1 Å². The van der Waals surface area contributed by atoms with Gasteiger partial charge in [0.2, 0.25) is 0 Å². The van der Waals surface area contributed by atoms with E-state index >= 15 is 0 Å². The third-order valence-corrected chi connectivity index (χ3v) is 4.42. The van der Waals surface area contributed by atoms with Gasteiger partial charge in [-0.15, -0.1) is 17.5 Å². The Morgan fingerprint density at radius 2 is 1.54 bits per heavy atom. The van der Waals surface area contributed by atoms with Crippen LogP contribution in [-0.2, 0) is 10.1 Å². The zero-order valence-corrected chi connectivity index (χ0v) is 14.5. The minimum atomic E-state index is -4.22. The lowest BCUT2D eigenvalue weighted by atomic mass is 10.1. The Morgan fingerprint density at radius 3 is 2.21 bits per heavy atom. The van der Waals surface area contributed by atoms with Gasteiger partial charge in [0.05, 0.1) is 15.6 Å². The zero-order valence-electron chi connectivity index (χ0n) is 12.1. The van der Waals surface area contributed by atoms with Gasteiger partial charge >= 0.3 is 0 Å². The number of nitrogens with zero attached hydrogens (tertiary/aromatic N) is 2. The van der Waals surface area contributed by atoms with Gasteiger partial charge in [-0.25, -0.2) is 0 Å². The molecule has 3 aromatic carbocycles. The van der Waals surface area contributed by atoms with Crippen molar-refractivity contribution in [2.45, 2.75) is 4.90 Å². The fourth-order valence-corrected chi connectivity index (χ4v) is 2.81. The highest BCUT2D eigenvalue weighted by molar-refractivity contribution is 7.85. The van der Waals surface area contributed by atoms with Gasteiger partial charge in [0.1, 0.15) is 5.69 Å². The lowest BCUT2D eigenvalue weighted by molar-refractivity contribution is 0.483. The molecule has 0 amide bonds. The van der Waals surface area contributed by atoms with Crippen LogP contribution in [0.2, 0.25) is 5.02 Å². The fraction of sp³-hybridized carbons (Fsp3) is 0. The van der Waals surface area contributed by atoms with Crippen LogP contribution < -0.4 is 0 Å². The molecule has 0 atom stereocenters. The second-order valence-electron chi connectivity index (χ2n) is 4.79. The Balaban J connectivity index is 0.00000208. The van der Waals surface area contributed by atoms with E-state index in [1.807, 2.05) is 30.3 Å². The van der Waals surface area contributed by atoms with Crippen molar-refractivity contribution in [3.05, 3.63) is 65.7 Å². The molecule has 0 saturated carbocycles. The maximum atomic E-state index is 11.0. The first-order chi connectivity index (χ1) is 10.9. The number of fused-ring (bicyclic) bond motifs is 1. The molecule has 0 aliphatic carbocycles. The van der Waals surface area contributed by atoms with E-state index in [4.69, 9.17) is 16.2 Å². The van der Waals surface area contributed by atoms with Crippen LogP contribution in [0.5, 0.6) is 0 Å². The van der Waals surface area contributed by atoms with Gasteiger partial charge in [-0.1, -0.05) is 41.9 Å². The van der Waals surface area contributed by atoms with Crippen LogP contribution in [0.1, 0.15) is 0 Å². The SMILES string of the molecule is Cl.O=S(=O)(O)c1ccc(N=Nc2c(Cl)ccc3ccccc23)cc1. The molecule has 24 heavy (non-hydrogen) atoms. The molecule has 0 unspecified atom stereocenters. The summed E-state index contributed by atoms with van der Waals surface area (Å²) in [6.45, 7) is 0. The number of halogens is 2. The van der Waals surface area contributed by atoms with Crippen LogP contribution in [0.3, 0.4) is 0 Å². The van der Waals surface area contributed by atoms with E-state index in [-0.39, 0.29) is 17.3 Å². The Kier molecular flexibility index (Phi) is 5.56. The zero-order chi connectivity index (χ0) is 16.4. The minimum Gasteiger partial charge on any atom is -0.282 e. The minimum absolute atomic E-state index is 0. The van der Waals surface area contributed by atoms with Crippen LogP contribution >= 0.6 is 24.0 Å². The maximum absolute atomic E-state index is 11.0. The Bertz CT molecular complexity index is 1000. The first-order valence-electron chi connectivity index (χ1n) is 6.62. The molecule has 0 fully saturated rings. The summed E-state index contributed by atoms with van der Waals surface area (Å²) in [7, 11) is -4.22. The molecule has 0 aromatic heterocycles. The van der Waals surface area contributed by atoms with Gasteiger partial charge in [-0.2, -0.15) is 13.5 Å². The molecular weight excluding hydrogens is 371 g/mol. The third kappa shape index (κ3) is 3.91. The molecule has 0 radical (unpaired) electrons. The van der Waals surface area contributed by atoms with Gasteiger partial charge in [-0.3, -0.25) is 4.55 Å². The van der Waals surface area contributed by atoms with Gasteiger partial charge < -0.3 is 0 Å². The maximum Gasteiger partial charge on any atom is 0.294 e. The van der Waals surface area contributed by atoms with Crippen LogP contribution in [0.25, 0.3) is 10.8 Å². The Morgan fingerprint density at radius 1 is 0.875 bits per heavy atom. The van der Waals surface area contributed by atoms with E-state index in [2.05, 4.69) is 10.2 Å². The molecule has 0 aliphatic rings. The van der Waals surface area contributed by atoms with Crippen LogP contribution in [-0.4, -0.2) is 13.0 Å². The van der Waals surface area contributed by atoms with Gasteiger partial charge in [-0.05, 0) is 35.7 Å². The van der Waals surface area contributed by atoms with Crippen molar-refractivity contribution in [1.29, 1.82) is 0 Å². The summed E-state index contributed by atoms with van der Waals surface area (Å²) in [5, 5.41) is 10.6. The Hall–Kier alpha value is -1.99. The van der Waals surface area contributed by atoms with Crippen molar-refractivity contribution in [1.82, 2.24) is 0 Å². The van der Waals surface area contributed by atoms with Crippen molar-refractivity contribution in [2.24, 2.45) is 10.2 Å². The van der Waals surface area contributed by atoms with E-state index < -0.39 is 10.1 Å². The fourth-order valence-electron chi connectivity index (χ4n) is 2.12. The van der Waals surface area contributed by atoms with E-state index in [1.165, 1.54) is 24.3 Å². The molecule has 0 bridgehead atoms. The number of benzene rings is 3. The smallest absolute Gasteiger partial charge is 0.282 e. The molecule has 0 aliphatic heterocycles. The number of hydrogen-bond donors (Lipinski definition) is 1. The average molecular weight is 383 g/mol. The monoisotopic (exact) mass is 382 g/mol. The average Bonchev–Trinajstić information content (AvgIpc) is 2.53. The largest absolute Gasteiger partial charge is 0.294 e. The van der Waals surface area contributed by atoms with Crippen molar-refractivity contribution >= 4 is 56.3 Å². The number of hydrogen-bond acceptors (Lipinski definition) is 4. The highest BCUT2D eigenvalue weighted by Gasteiger charge is 2.08. The van der Waals surface area contributed by atoms with Crippen molar-refractivity contribution in [3.8, 4) is 0 Å². The quantitative estimate of drug-likeness (QED) is 0.474.